The number of carbonyl (C=O) groups excluding carboxylic acids is 1. The summed E-state index contributed by atoms with van der Waals surface area (Å²) in [4.78, 5) is 14.2. The van der Waals surface area contributed by atoms with Crippen LogP contribution in [0.15, 0.2) is 30.5 Å². The van der Waals surface area contributed by atoms with Gasteiger partial charge in [-0.05, 0) is 6.07 Å². The Hall–Kier alpha value is -1.69. The van der Waals surface area contributed by atoms with Gasteiger partial charge in [0, 0.05) is 22.7 Å². The number of aldehydes is 1. The summed E-state index contributed by atoms with van der Waals surface area (Å²) in [7, 11) is 2.22. The molecule has 118 valence electrons. The summed E-state index contributed by atoms with van der Waals surface area (Å²) < 4.78 is 2.00. The van der Waals surface area contributed by atoms with Crippen LogP contribution >= 0.6 is 0 Å². The Kier molecular flexibility index (Phi) is 4.57. The summed E-state index contributed by atoms with van der Waals surface area (Å²) >= 11 is 0. The lowest BCUT2D eigenvalue weighted by Gasteiger charge is -2.28. The second-order valence-corrected chi connectivity index (χ2v) is 6.44. The van der Waals surface area contributed by atoms with Gasteiger partial charge in [-0.25, -0.2) is 0 Å². The number of aromatic nitrogens is 1. The Balaban J connectivity index is 1.69. The van der Waals surface area contributed by atoms with Crippen molar-refractivity contribution in [2.24, 2.45) is 0 Å². The van der Waals surface area contributed by atoms with Crippen LogP contribution in [0.2, 0.25) is 0 Å². The fourth-order valence-electron chi connectivity index (χ4n) is 3.38. The third kappa shape index (κ3) is 3.21. The predicted molar refractivity (Wildman–Crippen MR) is 85.5 cm³/mol. The van der Waals surface area contributed by atoms with E-state index in [-0.39, 0.29) is 6.10 Å². The minimum Gasteiger partial charge on any atom is -0.385 e. The summed E-state index contributed by atoms with van der Waals surface area (Å²) in [6.07, 6.45) is 2.35. The molecule has 1 fully saturated rings. The van der Waals surface area contributed by atoms with Crippen molar-refractivity contribution in [1.82, 2.24) is 4.57 Å². The van der Waals surface area contributed by atoms with Crippen LogP contribution in [0.25, 0.3) is 10.9 Å². The van der Waals surface area contributed by atoms with Crippen LogP contribution in [0.3, 0.4) is 0 Å². The summed E-state index contributed by atoms with van der Waals surface area (Å²) in [5.41, 5.74) is 1.71. The lowest BCUT2D eigenvalue weighted by Crippen LogP contribution is -3.27. The third-order valence-corrected chi connectivity index (χ3v) is 4.69. The second-order valence-electron chi connectivity index (χ2n) is 6.44. The largest absolute Gasteiger partial charge is 0.385 e. The number of hydrogen-bond acceptors (Lipinski definition) is 2. The van der Waals surface area contributed by atoms with Crippen LogP contribution in [0, 0.1) is 0 Å². The summed E-state index contributed by atoms with van der Waals surface area (Å²) in [6, 6.07) is 7.86. The molecule has 1 aliphatic heterocycles. The van der Waals surface area contributed by atoms with E-state index in [9.17, 15) is 9.90 Å². The minimum absolute atomic E-state index is 0.385. The smallest absolute Gasteiger partial charge is 0.152 e. The van der Waals surface area contributed by atoms with Gasteiger partial charge in [0.05, 0.1) is 13.6 Å². The molecule has 0 amide bonds. The molecule has 0 radical (unpaired) electrons. The molecule has 1 aromatic heterocycles. The number of hydrogen-bond donors (Lipinski definition) is 3. The molecule has 5 heteroatoms. The quantitative estimate of drug-likeness (QED) is 0.573. The van der Waals surface area contributed by atoms with Crippen LogP contribution < -0.4 is 9.80 Å². The SMILES string of the molecule is C[NH+]1CC[NH+](C[C@H](O)Cn2cc(C=O)c3ccccc32)CC1. The molecule has 0 bridgehead atoms. The number of nitrogens with zero attached hydrogens (tertiary/aromatic N) is 1. The maximum atomic E-state index is 11.2. The Morgan fingerprint density at radius 1 is 1.27 bits per heavy atom. The lowest BCUT2D eigenvalue weighted by molar-refractivity contribution is -1.00. The molecule has 0 spiro atoms. The zero-order valence-corrected chi connectivity index (χ0v) is 13.1. The number of carbonyl (C=O) groups is 1. The Labute approximate surface area is 130 Å². The van der Waals surface area contributed by atoms with E-state index in [2.05, 4.69) is 7.05 Å². The molecule has 2 heterocycles. The first-order valence-corrected chi connectivity index (χ1v) is 8.03. The van der Waals surface area contributed by atoms with Gasteiger partial charge >= 0.3 is 0 Å². The summed E-state index contributed by atoms with van der Waals surface area (Å²) in [5, 5.41) is 11.4. The Morgan fingerprint density at radius 2 is 2.00 bits per heavy atom. The van der Waals surface area contributed by atoms with Crippen LogP contribution in [0.1, 0.15) is 10.4 Å². The summed E-state index contributed by atoms with van der Waals surface area (Å²) in [6.45, 7) is 5.90. The standard InChI is InChI=1S/C17H23N3O2/c1-18-6-8-19(9-7-18)11-15(22)12-20-10-14(13-21)16-4-2-3-5-17(16)20/h2-5,10,13,15,22H,6-9,11-12H2,1H3/p+2/t15-/m0/s1. The molecule has 22 heavy (non-hydrogen) atoms. The number of aliphatic hydroxyl groups excluding tert-OH is 1. The first kappa shape index (κ1) is 15.2. The number of benzene rings is 1. The molecular weight excluding hydrogens is 278 g/mol. The molecule has 0 aliphatic carbocycles. The molecule has 3 N–H and O–H groups in total. The van der Waals surface area contributed by atoms with Crippen molar-refractivity contribution in [2.45, 2.75) is 12.6 Å². The van der Waals surface area contributed by atoms with Crippen LogP contribution in [0.5, 0.6) is 0 Å². The van der Waals surface area contributed by atoms with E-state index in [1.165, 1.54) is 18.0 Å². The van der Waals surface area contributed by atoms with Gasteiger partial charge in [0.25, 0.3) is 0 Å². The molecule has 0 saturated carbocycles. The van der Waals surface area contributed by atoms with Crippen molar-refractivity contribution in [2.75, 3.05) is 39.8 Å². The third-order valence-electron chi connectivity index (χ3n) is 4.69. The van der Waals surface area contributed by atoms with Crippen molar-refractivity contribution < 1.29 is 19.7 Å². The molecule has 1 atom stereocenters. The number of piperazine rings is 1. The number of nitrogens with one attached hydrogen (secondary N) is 2. The van der Waals surface area contributed by atoms with Gasteiger partial charge in [-0.15, -0.1) is 0 Å². The minimum atomic E-state index is -0.385. The van der Waals surface area contributed by atoms with Gasteiger partial charge in [-0.3, -0.25) is 4.79 Å². The first-order valence-electron chi connectivity index (χ1n) is 8.03. The highest BCUT2D eigenvalue weighted by atomic mass is 16.3. The average molecular weight is 303 g/mol. The second kappa shape index (κ2) is 6.60. The van der Waals surface area contributed by atoms with E-state index in [1.807, 2.05) is 35.0 Å². The molecule has 1 aromatic carbocycles. The molecule has 5 nitrogen and oxygen atoms in total. The van der Waals surface area contributed by atoms with E-state index >= 15 is 0 Å². The summed E-state index contributed by atoms with van der Waals surface area (Å²) in [5.74, 6) is 0. The fraction of sp³-hybridized carbons (Fsp3) is 0.471. The normalized spacial score (nSPS) is 23.5. The number of fused-ring (bicyclic) bond motifs is 1. The first-order chi connectivity index (χ1) is 10.7. The van der Waals surface area contributed by atoms with Crippen molar-refractivity contribution in [1.29, 1.82) is 0 Å². The molecular formula is C17H25N3O2+2. The average Bonchev–Trinajstić information content (AvgIpc) is 2.88. The Morgan fingerprint density at radius 3 is 2.73 bits per heavy atom. The number of para-hydroxylation sites is 1. The van der Waals surface area contributed by atoms with Gasteiger partial charge in [0.1, 0.15) is 38.8 Å². The van der Waals surface area contributed by atoms with Gasteiger partial charge in [0.15, 0.2) is 6.29 Å². The van der Waals surface area contributed by atoms with Gasteiger partial charge in [-0.2, -0.15) is 0 Å². The molecule has 3 rings (SSSR count). The highest BCUT2D eigenvalue weighted by Crippen LogP contribution is 2.20. The highest BCUT2D eigenvalue weighted by Gasteiger charge is 2.23. The molecule has 0 unspecified atom stereocenters. The van der Waals surface area contributed by atoms with E-state index in [0.717, 1.165) is 36.8 Å². The van der Waals surface area contributed by atoms with Crippen LogP contribution in [-0.2, 0) is 6.54 Å². The van der Waals surface area contributed by atoms with Gasteiger partial charge < -0.3 is 19.5 Å². The number of likely N-dealkylation sites (N-methyl/N-ethyl adjacent to an activating group) is 1. The zero-order valence-electron chi connectivity index (χ0n) is 13.1. The van der Waals surface area contributed by atoms with Crippen molar-refractivity contribution in [3.63, 3.8) is 0 Å². The van der Waals surface area contributed by atoms with E-state index in [0.29, 0.717) is 12.1 Å². The highest BCUT2D eigenvalue weighted by molar-refractivity contribution is 5.97. The van der Waals surface area contributed by atoms with Crippen molar-refractivity contribution in [3.05, 3.63) is 36.0 Å². The van der Waals surface area contributed by atoms with E-state index in [4.69, 9.17) is 0 Å². The van der Waals surface area contributed by atoms with E-state index in [1.54, 1.807) is 4.90 Å². The molecule has 1 aliphatic rings. The van der Waals surface area contributed by atoms with Crippen molar-refractivity contribution >= 4 is 17.2 Å². The maximum absolute atomic E-state index is 11.2. The predicted octanol–water partition coefficient (Wildman–Crippen LogP) is -1.77. The monoisotopic (exact) mass is 303 g/mol. The maximum Gasteiger partial charge on any atom is 0.152 e. The number of rotatable bonds is 5. The van der Waals surface area contributed by atoms with Gasteiger partial charge in [-0.1, -0.05) is 18.2 Å². The van der Waals surface area contributed by atoms with Crippen LogP contribution in [0.4, 0.5) is 0 Å². The topological polar surface area (TPSA) is 51.1 Å². The number of aliphatic hydroxyl groups is 1. The lowest BCUT2D eigenvalue weighted by atomic mass is 10.2. The van der Waals surface area contributed by atoms with Crippen molar-refractivity contribution in [3.8, 4) is 0 Å². The Bertz CT molecular complexity index is 644. The van der Waals surface area contributed by atoms with Gasteiger partial charge in [0.2, 0.25) is 0 Å². The van der Waals surface area contributed by atoms with Crippen LogP contribution in [-0.4, -0.2) is 61.8 Å². The molecule has 1 saturated heterocycles. The molecule has 2 aromatic rings. The fourth-order valence-corrected chi connectivity index (χ4v) is 3.38. The zero-order chi connectivity index (χ0) is 15.5. The van der Waals surface area contributed by atoms with E-state index < -0.39 is 0 Å². The number of quaternary nitrogens is 2.